The van der Waals surface area contributed by atoms with E-state index in [1.165, 1.54) is 24.3 Å². The van der Waals surface area contributed by atoms with E-state index in [2.05, 4.69) is 5.32 Å². The Morgan fingerprint density at radius 1 is 1.08 bits per heavy atom. The third-order valence-electron chi connectivity index (χ3n) is 3.76. The molecule has 1 N–H and O–H groups in total. The predicted octanol–water partition coefficient (Wildman–Crippen LogP) is 3.88. The highest BCUT2D eigenvalue weighted by atomic mass is 16.6. The molecule has 2 rings (SSSR count). The maximum absolute atomic E-state index is 12.4. The fraction of sp³-hybridized carbons (Fsp3) is 0.316. The molecule has 1 amide bonds. The van der Waals surface area contributed by atoms with Crippen molar-refractivity contribution in [1.82, 2.24) is 5.32 Å². The second-order valence-electron chi connectivity index (χ2n) is 5.57. The Morgan fingerprint density at radius 2 is 1.69 bits per heavy atom. The molecule has 2 aromatic rings. The molecule has 0 saturated heterocycles. The average molecular weight is 358 g/mol. The highest BCUT2D eigenvalue weighted by molar-refractivity contribution is 5.94. The van der Waals surface area contributed by atoms with Gasteiger partial charge in [0.25, 0.3) is 11.6 Å². The van der Waals surface area contributed by atoms with Crippen molar-refractivity contribution in [2.75, 3.05) is 13.2 Å². The van der Waals surface area contributed by atoms with Gasteiger partial charge in [0.05, 0.1) is 24.2 Å². The standard InChI is InChI=1S/C19H22N2O5/c1-4-25-17-11-8-15(12-18(17)26-5-2)13(3)20-19(22)14-6-9-16(10-7-14)21(23)24/h6-13H,4-5H2,1-3H3,(H,20,22)/t13-/m0/s1. The number of carbonyl (C=O) groups is 1. The van der Waals surface area contributed by atoms with E-state index in [0.717, 1.165) is 5.56 Å². The van der Waals surface area contributed by atoms with Crippen LogP contribution in [-0.4, -0.2) is 24.0 Å². The molecule has 0 aliphatic rings. The maximum atomic E-state index is 12.4. The minimum Gasteiger partial charge on any atom is -0.490 e. The van der Waals surface area contributed by atoms with Crippen LogP contribution >= 0.6 is 0 Å². The van der Waals surface area contributed by atoms with Crippen molar-refractivity contribution in [1.29, 1.82) is 0 Å². The lowest BCUT2D eigenvalue weighted by molar-refractivity contribution is -0.384. The molecule has 1 atom stereocenters. The zero-order valence-corrected chi connectivity index (χ0v) is 15.0. The van der Waals surface area contributed by atoms with Crippen molar-refractivity contribution in [3.8, 4) is 11.5 Å². The van der Waals surface area contributed by atoms with Crippen LogP contribution < -0.4 is 14.8 Å². The Kier molecular flexibility index (Phi) is 6.54. The molecular formula is C19H22N2O5. The molecule has 0 aromatic heterocycles. The summed E-state index contributed by atoms with van der Waals surface area (Å²) in [6.45, 7) is 6.69. The van der Waals surface area contributed by atoms with Crippen molar-refractivity contribution < 1.29 is 19.2 Å². The van der Waals surface area contributed by atoms with Crippen molar-refractivity contribution >= 4 is 11.6 Å². The van der Waals surface area contributed by atoms with Gasteiger partial charge >= 0.3 is 0 Å². The summed E-state index contributed by atoms with van der Waals surface area (Å²) in [5.74, 6) is 0.981. The van der Waals surface area contributed by atoms with E-state index in [4.69, 9.17) is 9.47 Å². The Balaban J connectivity index is 2.12. The molecular weight excluding hydrogens is 336 g/mol. The van der Waals surface area contributed by atoms with Gasteiger partial charge in [-0.1, -0.05) is 6.07 Å². The fourth-order valence-electron chi connectivity index (χ4n) is 2.43. The van der Waals surface area contributed by atoms with Crippen molar-refractivity contribution in [3.63, 3.8) is 0 Å². The number of nitro benzene ring substituents is 1. The molecule has 0 aliphatic heterocycles. The highest BCUT2D eigenvalue weighted by Crippen LogP contribution is 2.30. The van der Waals surface area contributed by atoms with Gasteiger partial charge in [0.1, 0.15) is 0 Å². The van der Waals surface area contributed by atoms with E-state index in [1.807, 2.05) is 39.0 Å². The zero-order valence-electron chi connectivity index (χ0n) is 15.0. The normalized spacial score (nSPS) is 11.5. The first-order valence-corrected chi connectivity index (χ1v) is 8.41. The van der Waals surface area contributed by atoms with E-state index in [1.54, 1.807) is 0 Å². The summed E-state index contributed by atoms with van der Waals surface area (Å²) in [4.78, 5) is 22.5. The van der Waals surface area contributed by atoms with Crippen LogP contribution in [0.1, 0.15) is 42.7 Å². The number of benzene rings is 2. The number of amides is 1. The Bertz CT molecular complexity index is 774. The number of non-ortho nitro benzene ring substituents is 1. The summed E-state index contributed by atoms with van der Waals surface area (Å²) in [7, 11) is 0. The summed E-state index contributed by atoms with van der Waals surface area (Å²) in [6.07, 6.45) is 0. The molecule has 26 heavy (non-hydrogen) atoms. The molecule has 7 nitrogen and oxygen atoms in total. The van der Waals surface area contributed by atoms with Gasteiger partial charge in [0, 0.05) is 17.7 Å². The molecule has 0 unspecified atom stereocenters. The van der Waals surface area contributed by atoms with Crippen LogP contribution in [0, 0.1) is 10.1 Å². The van der Waals surface area contributed by atoms with Crippen molar-refractivity contribution in [2.45, 2.75) is 26.8 Å². The van der Waals surface area contributed by atoms with E-state index in [-0.39, 0.29) is 17.6 Å². The maximum Gasteiger partial charge on any atom is 0.269 e. The molecule has 0 saturated carbocycles. The van der Waals surface area contributed by atoms with Gasteiger partial charge in [-0.15, -0.1) is 0 Å². The Labute approximate surface area is 152 Å². The molecule has 0 fully saturated rings. The molecule has 0 radical (unpaired) electrons. The average Bonchev–Trinajstić information content (AvgIpc) is 2.63. The van der Waals surface area contributed by atoms with Gasteiger partial charge in [0.2, 0.25) is 0 Å². The smallest absolute Gasteiger partial charge is 0.269 e. The van der Waals surface area contributed by atoms with Crippen molar-refractivity contribution in [3.05, 3.63) is 63.7 Å². The third-order valence-corrected chi connectivity index (χ3v) is 3.76. The number of hydrogen-bond acceptors (Lipinski definition) is 5. The number of nitrogens with zero attached hydrogens (tertiary/aromatic N) is 1. The van der Waals surface area contributed by atoms with Crippen LogP contribution in [0.2, 0.25) is 0 Å². The van der Waals surface area contributed by atoms with Crippen molar-refractivity contribution in [2.24, 2.45) is 0 Å². The lowest BCUT2D eigenvalue weighted by Crippen LogP contribution is -2.26. The Hall–Kier alpha value is -3.09. The topological polar surface area (TPSA) is 90.7 Å². The van der Waals surface area contributed by atoms with Gasteiger partial charge in [-0.3, -0.25) is 14.9 Å². The van der Waals surface area contributed by atoms with E-state index >= 15 is 0 Å². The molecule has 0 aliphatic carbocycles. The number of hydrogen-bond donors (Lipinski definition) is 1. The number of ether oxygens (including phenoxy) is 2. The largest absolute Gasteiger partial charge is 0.490 e. The summed E-state index contributed by atoms with van der Waals surface area (Å²) in [5, 5.41) is 13.6. The first-order chi connectivity index (χ1) is 12.5. The van der Waals surface area contributed by atoms with Crippen LogP contribution in [0.4, 0.5) is 5.69 Å². The van der Waals surface area contributed by atoms with Gasteiger partial charge < -0.3 is 14.8 Å². The van der Waals surface area contributed by atoms with Crippen LogP contribution in [0.5, 0.6) is 11.5 Å². The summed E-state index contributed by atoms with van der Waals surface area (Å²) in [5.41, 5.74) is 1.17. The van der Waals surface area contributed by atoms with E-state index < -0.39 is 4.92 Å². The fourth-order valence-corrected chi connectivity index (χ4v) is 2.43. The summed E-state index contributed by atoms with van der Waals surface area (Å²) < 4.78 is 11.1. The first kappa shape index (κ1) is 19.2. The van der Waals surface area contributed by atoms with Gasteiger partial charge in [-0.25, -0.2) is 0 Å². The molecule has 138 valence electrons. The second kappa shape index (κ2) is 8.84. The quantitative estimate of drug-likeness (QED) is 0.571. The van der Waals surface area contributed by atoms with Crippen LogP contribution in [0.15, 0.2) is 42.5 Å². The minimum absolute atomic E-state index is 0.0533. The van der Waals surface area contributed by atoms with Crippen LogP contribution in [0.25, 0.3) is 0 Å². The monoisotopic (exact) mass is 358 g/mol. The van der Waals surface area contributed by atoms with Gasteiger partial charge in [-0.2, -0.15) is 0 Å². The van der Waals surface area contributed by atoms with Crippen LogP contribution in [-0.2, 0) is 0 Å². The lowest BCUT2D eigenvalue weighted by Gasteiger charge is -2.17. The van der Waals surface area contributed by atoms with Gasteiger partial charge in [0.15, 0.2) is 11.5 Å². The molecule has 0 heterocycles. The van der Waals surface area contributed by atoms with Gasteiger partial charge in [-0.05, 0) is 50.6 Å². The highest BCUT2D eigenvalue weighted by Gasteiger charge is 2.15. The van der Waals surface area contributed by atoms with Crippen LogP contribution in [0.3, 0.4) is 0 Å². The third kappa shape index (κ3) is 4.72. The summed E-state index contributed by atoms with van der Waals surface area (Å²) >= 11 is 0. The zero-order chi connectivity index (χ0) is 19.1. The SMILES string of the molecule is CCOc1ccc([C@H](C)NC(=O)c2ccc([N+](=O)[O-])cc2)cc1OCC. The molecule has 0 bridgehead atoms. The predicted molar refractivity (Wildman–Crippen MR) is 97.8 cm³/mol. The number of nitro groups is 1. The molecule has 2 aromatic carbocycles. The summed E-state index contributed by atoms with van der Waals surface area (Å²) in [6, 6.07) is 10.7. The minimum atomic E-state index is -0.501. The lowest BCUT2D eigenvalue weighted by atomic mass is 10.1. The molecule has 0 spiro atoms. The number of rotatable bonds is 8. The second-order valence-corrected chi connectivity index (χ2v) is 5.57. The number of nitrogens with one attached hydrogen (secondary N) is 1. The first-order valence-electron chi connectivity index (χ1n) is 8.41. The number of carbonyl (C=O) groups excluding carboxylic acids is 1. The Morgan fingerprint density at radius 3 is 2.27 bits per heavy atom. The molecule has 7 heteroatoms. The van der Waals surface area contributed by atoms with E-state index in [9.17, 15) is 14.9 Å². The van der Waals surface area contributed by atoms with E-state index in [0.29, 0.717) is 30.3 Å².